The van der Waals surface area contributed by atoms with E-state index in [2.05, 4.69) is 92.6 Å². The molecule has 1 aliphatic heterocycles. The Bertz CT molecular complexity index is 929. The van der Waals surface area contributed by atoms with Crippen LogP contribution in [0.2, 0.25) is 0 Å². The smallest absolute Gasteiger partial charge is 0.132 e. The van der Waals surface area contributed by atoms with Gasteiger partial charge in [-0.05, 0) is 66.3 Å². The van der Waals surface area contributed by atoms with Crippen LogP contribution in [-0.4, -0.2) is 50.7 Å². The van der Waals surface area contributed by atoms with Crippen LogP contribution in [0, 0.1) is 5.92 Å². The molecule has 2 aromatic rings. The van der Waals surface area contributed by atoms with Crippen LogP contribution in [0.25, 0.3) is 6.08 Å². The van der Waals surface area contributed by atoms with Crippen LogP contribution in [0.3, 0.4) is 0 Å². The number of fused-ring (bicyclic) bond motifs is 1. The Kier molecular flexibility index (Phi) is 5.82. The summed E-state index contributed by atoms with van der Waals surface area (Å²) in [6.07, 6.45) is 5.57. The number of hydrogen-bond donors (Lipinski definition) is 1. The lowest BCUT2D eigenvalue weighted by molar-refractivity contribution is 0.0697. The van der Waals surface area contributed by atoms with Gasteiger partial charge in [0, 0.05) is 45.5 Å². The minimum atomic E-state index is -0.0646. The predicted molar refractivity (Wildman–Crippen MR) is 126 cm³/mol. The molecule has 0 spiro atoms. The van der Waals surface area contributed by atoms with E-state index in [1.54, 1.807) is 0 Å². The van der Waals surface area contributed by atoms with Crippen molar-refractivity contribution < 1.29 is 5.11 Å². The Labute approximate surface area is 179 Å². The topological polar surface area (TPSA) is 42.3 Å². The Morgan fingerprint density at radius 3 is 2.13 bits per heavy atom. The van der Waals surface area contributed by atoms with E-state index in [0.717, 1.165) is 25.0 Å². The molecule has 158 valence electrons. The van der Waals surface area contributed by atoms with Crippen LogP contribution in [-0.2, 0) is 0 Å². The average molecular weight is 405 g/mol. The standard InChI is InChI=1S/C25H32N4O/c1-27(2)21-12-8-18(9-13-21)16-20-6-5-7-23-24(20)26-29(17-30)25(23)19-10-14-22(15-11-19)28(3)4/h8-16,23,25,30H,5-7,17H2,1-4H3/b20-16+. The second-order valence-corrected chi connectivity index (χ2v) is 8.65. The van der Waals surface area contributed by atoms with E-state index in [1.807, 2.05) is 5.01 Å². The van der Waals surface area contributed by atoms with E-state index in [-0.39, 0.29) is 12.8 Å². The van der Waals surface area contributed by atoms with E-state index in [1.165, 1.54) is 28.1 Å². The Morgan fingerprint density at radius 2 is 1.57 bits per heavy atom. The number of allylic oxidation sites excluding steroid dienone is 1. The highest BCUT2D eigenvalue weighted by Crippen LogP contribution is 2.44. The van der Waals surface area contributed by atoms with Crippen LogP contribution in [0.15, 0.2) is 59.2 Å². The summed E-state index contributed by atoms with van der Waals surface area (Å²) in [7, 11) is 8.21. The van der Waals surface area contributed by atoms with Crippen LogP contribution in [0.4, 0.5) is 11.4 Å². The molecule has 2 aliphatic rings. The number of benzene rings is 2. The van der Waals surface area contributed by atoms with Crippen molar-refractivity contribution in [2.45, 2.75) is 25.3 Å². The number of hydrazone groups is 1. The van der Waals surface area contributed by atoms with Gasteiger partial charge in [0.05, 0.1) is 11.8 Å². The molecule has 1 aliphatic carbocycles. The Morgan fingerprint density at radius 1 is 0.967 bits per heavy atom. The molecule has 5 nitrogen and oxygen atoms in total. The van der Waals surface area contributed by atoms with Gasteiger partial charge in [0.2, 0.25) is 0 Å². The van der Waals surface area contributed by atoms with Crippen LogP contribution < -0.4 is 9.80 Å². The predicted octanol–water partition coefficient (Wildman–Crippen LogP) is 4.36. The van der Waals surface area contributed by atoms with Crippen LogP contribution in [0.1, 0.15) is 36.4 Å². The van der Waals surface area contributed by atoms with Crippen molar-refractivity contribution in [2.24, 2.45) is 11.0 Å². The molecule has 1 saturated carbocycles. The zero-order valence-corrected chi connectivity index (χ0v) is 18.4. The molecular formula is C25H32N4O. The molecule has 2 unspecified atom stereocenters. The lowest BCUT2D eigenvalue weighted by Gasteiger charge is -2.30. The number of aliphatic hydroxyl groups excluding tert-OH is 1. The fourth-order valence-corrected chi connectivity index (χ4v) is 4.58. The lowest BCUT2D eigenvalue weighted by atomic mass is 9.77. The highest BCUT2D eigenvalue weighted by molar-refractivity contribution is 6.07. The monoisotopic (exact) mass is 404 g/mol. The first kappa shape index (κ1) is 20.5. The lowest BCUT2D eigenvalue weighted by Crippen LogP contribution is -2.28. The molecule has 4 rings (SSSR count). The van der Waals surface area contributed by atoms with Gasteiger partial charge in [0.1, 0.15) is 6.73 Å². The van der Waals surface area contributed by atoms with Crippen molar-refractivity contribution in [1.29, 1.82) is 0 Å². The van der Waals surface area contributed by atoms with E-state index in [9.17, 15) is 5.11 Å². The molecule has 0 amide bonds. The molecular weight excluding hydrogens is 372 g/mol. The largest absolute Gasteiger partial charge is 0.378 e. The summed E-state index contributed by atoms with van der Waals surface area (Å²) >= 11 is 0. The maximum atomic E-state index is 10.0. The molecule has 0 bridgehead atoms. The summed E-state index contributed by atoms with van der Waals surface area (Å²) < 4.78 is 0. The van der Waals surface area contributed by atoms with E-state index >= 15 is 0 Å². The second kappa shape index (κ2) is 8.52. The molecule has 5 heteroatoms. The molecule has 30 heavy (non-hydrogen) atoms. The third-order valence-electron chi connectivity index (χ3n) is 6.23. The van der Waals surface area contributed by atoms with Crippen molar-refractivity contribution in [3.63, 3.8) is 0 Å². The third kappa shape index (κ3) is 3.94. The summed E-state index contributed by atoms with van der Waals surface area (Å²) in [5.74, 6) is 0.323. The number of aliphatic hydroxyl groups is 1. The fraction of sp³-hybridized carbons (Fsp3) is 0.400. The first-order chi connectivity index (χ1) is 14.5. The van der Waals surface area contributed by atoms with Gasteiger partial charge in [-0.25, -0.2) is 0 Å². The van der Waals surface area contributed by atoms with Gasteiger partial charge in [-0.3, -0.25) is 5.01 Å². The van der Waals surface area contributed by atoms with E-state index in [0.29, 0.717) is 5.92 Å². The minimum absolute atomic E-state index is 0.0646. The number of nitrogens with zero attached hydrogens (tertiary/aromatic N) is 4. The maximum Gasteiger partial charge on any atom is 0.132 e. The van der Waals surface area contributed by atoms with Crippen molar-refractivity contribution >= 4 is 23.2 Å². The van der Waals surface area contributed by atoms with Crippen molar-refractivity contribution in [2.75, 3.05) is 44.7 Å². The summed E-state index contributed by atoms with van der Waals surface area (Å²) in [5, 5.41) is 16.8. The van der Waals surface area contributed by atoms with Gasteiger partial charge >= 0.3 is 0 Å². The van der Waals surface area contributed by atoms with Gasteiger partial charge < -0.3 is 14.9 Å². The number of rotatable bonds is 5. The molecule has 2 aromatic carbocycles. The minimum Gasteiger partial charge on any atom is -0.378 e. The molecule has 0 aromatic heterocycles. The Balaban J connectivity index is 1.62. The first-order valence-corrected chi connectivity index (χ1v) is 10.7. The van der Waals surface area contributed by atoms with Gasteiger partial charge in [0.25, 0.3) is 0 Å². The van der Waals surface area contributed by atoms with Gasteiger partial charge in [-0.1, -0.05) is 24.3 Å². The van der Waals surface area contributed by atoms with Crippen LogP contribution >= 0.6 is 0 Å². The summed E-state index contributed by atoms with van der Waals surface area (Å²) in [5.41, 5.74) is 7.25. The Hall–Kier alpha value is -2.79. The van der Waals surface area contributed by atoms with Gasteiger partial charge in [0.15, 0.2) is 0 Å². The summed E-state index contributed by atoms with van der Waals surface area (Å²) in [4.78, 5) is 4.22. The molecule has 1 fully saturated rings. The highest BCUT2D eigenvalue weighted by atomic mass is 16.3. The fourth-order valence-electron chi connectivity index (χ4n) is 4.58. The molecule has 1 N–H and O–H groups in total. The second-order valence-electron chi connectivity index (χ2n) is 8.65. The van der Waals surface area contributed by atoms with Crippen molar-refractivity contribution in [3.05, 3.63) is 65.2 Å². The van der Waals surface area contributed by atoms with E-state index < -0.39 is 0 Å². The quantitative estimate of drug-likeness (QED) is 0.804. The number of anilines is 2. The highest BCUT2D eigenvalue weighted by Gasteiger charge is 2.40. The molecule has 2 atom stereocenters. The zero-order chi connectivity index (χ0) is 21.3. The van der Waals surface area contributed by atoms with E-state index in [4.69, 9.17) is 5.10 Å². The maximum absolute atomic E-state index is 10.0. The number of hydrogen-bond acceptors (Lipinski definition) is 5. The van der Waals surface area contributed by atoms with Crippen LogP contribution in [0.5, 0.6) is 0 Å². The summed E-state index contributed by atoms with van der Waals surface area (Å²) in [6.45, 7) is -0.0646. The van der Waals surface area contributed by atoms with Gasteiger partial charge in [-0.2, -0.15) is 5.10 Å². The SMILES string of the molecule is CN(C)c1ccc(/C=C2\CCCC3C2=NN(CO)C3c2ccc(N(C)C)cc2)cc1. The molecule has 0 saturated heterocycles. The molecule has 1 heterocycles. The average Bonchev–Trinajstić information content (AvgIpc) is 3.14. The summed E-state index contributed by atoms with van der Waals surface area (Å²) in [6, 6.07) is 17.4. The normalized spacial score (nSPS) is 22.1. The third-order valence-corrected chi connectivity index (χ3v) is 6.23. The van der Waals surface area contributed by atoms with Crippen molar-refractivity contribution in [3.8, 4) is 0 Å². The molecule has 0 radical (unpaired) electrons. The van der Waals surface area contributed by atoms with Gasteiger partial charge in [-0.15, -0.1) is 0 Å². The first-order valence-electron chi connectivity index (χ1n) is 10.7. The zero-order valence-electron chi connectivity index (χ0n) is 18.4. The van der Waals surface area contributed by atoms with Crippen molar-refractivity contribution in [1.82, 2.24) is 5.01 Å².